The summed E-state index contributed by atoms with van der Waals surface area (Å²) in [5.74, 6) is 1.36. The third kappa shape index (κ3) is 5.03. The molecular formula is C19H19N3O3S. The SMILES string of the molecule is COc1cccc(OCCNC(=O)Cc2csc(-c3ccccn3)n2)c1. The number of rotatable bonds is 8. The Morgan fingerprint density at radius 2 is 2.08 bits per heavy atom. The molecule has 0 spiro atoms. The van der Waals surface area contributed by atoms with E-state index in [1.165, 1.54) is 11.3 Å². The Bertz CT molecular complexity index is 852. The number of nitrogens with one attached hydrogen (secondary N) is 1. The van der Waals surface area contributed by atoms with Crippen LogP contribution in [-0.4, -0.2) is 36.1 Å². The number of aromatic nitrogens is 2. The number of benzene rings is 1. The molecule has 0 aliphatic rings. The molecule has 0 aliphatic heterocycles. The molecule has 7 heteroatoms. The van der Waals surface area contributed by atoms with Crippen LogP contribution < -0.4 is 14.8 Å². The molecule has 0 unspecified atom stereocenters. The zero-order chi connectivity index (χ0) is 18.2. The third-order valence-electron chi connectivity index (χ3n) is 3.51. The minimum Gasteiger partial charge on any atom is -0.497 e. The first kappa shape index (κ1) is 17.9. The van der Waals surface area contributed by atoms with E-state index in [-0.39, 0.29) is 12.3 Å². The lowest BCUT2D eigenvalue weighted by atomic mass is 10.3. The monoisotopic (exact) mass is 369 g/mol. The van der Waals surface area contributed by atoms with Gasteiger partial charge in [0.1, 0.15) is 23.1 Å². The quantitative estimate of drug-likeness (QED) is 0.618. The van der Waals surface area contributed by atoms with Gasteiger partial charge in [-0.25, -0.2) is 4.98 Å². The van der Waals surface area contributed by atoms with Gasteiger partial charge in [-0.05, 0) is 24.3 Å². The Hall–Kier alpha value is -2.93. The Kier molecular flexibility index (Phi) is 6.16. The lowest BCUT2D eigenvalue weighted by Gasteiger charge is -2.08. The molecule has 1 N–H and O–H groups in total. The maximum atomic E-state index is 12.0. The Labute approximate surface area is 155 Å². The number of carbonyl (C=O) groups excluding carboxylic acids is 1. The standard InChI is InChI=1S/C19H19N3O3S/c1-24-15-5-4-6-16(12-15)25-10-9-21-18(23)11-14-13-26-19(22-14)17-7-2-3-8-20-17/h2-8,12-13H,9-11H2,1H3,(H,21,23). The lowest BCUT2D eigenvalue weighted by Crippen LogP contribution is -2.29. The van der Waals surface area contributed by atoms with Crippen LogP contribution in [0.15, 0.2) is 54.0 Å². The van der Waals surface area contributed by atoms with Gasteiger partial charge in [-0.1, -0.05) is 12.1 Å². The number of amides is 1. The molecule has 0 atom stereocenters. The summed E-state index contributed by atoms with van der Waals surface area (Å²) in [6, 6.07) is 13.0. The van der Waals surface area contributed by atoms with E-state index in [1.807, 2.05) is 41.8 Å². The second kappa shape index (κ2) is 8.96. The molecule has 1 amide bonds. The summed E-state index contributed by atoms with van der Waals surface area (Å²) in [6.07, 6.45) is 1.97. The van der Waals surface area contributed by atoms with Crippen molar-refractivity contribution < 1.29 is 14.3 Å². The fourth-order valence-corrected chi connectivity index (χ4v) is 3.07. The lowest BCUT2D eigenvalue weighted by molar-refractivity contribution is -0.120. The van der Waals surface area contributed by atoms with Crippen LogP contribution in [-0.2, 0) is 11.2 Å². The van der Waals surface area contributed by atoms with Crippen molar-refractivity contribution in [2.24, 2.45) is 0 Å². The zero-order valence-corrected chi connectivity index (χ0v) is 15.2. The fourth-order valence-electron chi connectivity index (χ4n) is 2.27. The largest absolute Gasteiger partial charge is 0.497 e. The second-order valence-corrected chi connectivity index (χ2v) is 6.27. The van der Waals surface area contributed by atoms with Gasteiger partial charge in [-0.3, -0.25) is 9.78 Å². The van der Waals surface area contributed by atoms with Crippen molar-refractivity contribution >= 4 is 17.2 Å². The van der Waals surface area contributed by atoms with E-state index in [4.69, 9.17) is 9.47 Å². The molecule has 2 aromatic heterocycles. The smallest absolute Gasteiger partial charge is 0.226 e. The second-order valence-electron chi connectivity index (χ2n) is 5.41. The van der Waals surface area contributed by atoms with E-state index in [0.717, 1.165) is 22.1 Å². The van der Waals surface area contributed by atoms with Crippen LogP contribution in [0.3, 0.4) is 0 Å². The van der Waals surface area contributed by atoms with Gasteiger partial charge in [0, 0.05) is 17.6 Å². The predicted molar refractivity (Wildman–Crippen MR) is 101 cm³/mol. The summed E-state index contributed by atoms with van der Waals surface area (Å²) in [6.45, 7) is 0.808. The average Bonchev–Trinajstić information content (AvgIpc) is 3.14. The van der Waals surface area contributed by atoms with Crippen molar-refractivity contribution in [2.75, 3.05) is 20.3 Å². The zero-order valence-electron chi connectivity index (χ0n) is 14.3. The number of ether oxygens (including phenoxy) is 2. The molecule has 6 nitrogen and oxygen atoms in total. The number of methoxy groups -OCH3 is 1. The Balaban J connectivity index is 1.42. The Morgan fingerprint density at radius 1 is 1.19 bits per heavy atom. The van der Waals surface area contributed by atoms with E-state index in [1.54, 1.807) is 19.4 Å². The molecule has 1 aromatic carbocycles. The molecule has 0 fully saturated rings. The normalized spacial score (nSPS) is 10.3. The summed E-state index contributed by atoms with van der Waals surface area (Å²) in [4.78, 5) is 20.8. The maximum Gasteiger partial charge on any atom is 0.226 e. The molecule has 26 heavy (non-hydrogen) atoms. The molecule has 3 rings (SSSR count). The average molecular weight is 369 g/mol. The van der Waals surface area contributed by atoms with Gasteiger partial charge in [0.2, 0.25) is 5.91 Å². The van der Waals surface area contributed by atoms with Crippen molar-refractivity contribution in [3.63, 3.8) is 0 Å². The summed E-state index contributed by atoms with van der Waals surface area (Å²) < 4.78 is 10.7. The first-order valence-corrected chi connectivity index (χ1v) is 9.02. The summed E-state index contributed by atoms with van der Waals surface area (Å²) in [5, 5.41) is 5.53. The van der Waals surface area contributed by atoms with Crippen molar-refractivity contribution in [3.05, 3.63) is 59.7 Å². The van der Waals surface area contributed by atoms with Gasteiger partial charge >= 0.3 is 0 Å². The molecule has 0 aliphatic carbocycles. The van der Waals surface area contributed by atoms with Crippen LogP contribution in [0, 0.1) is 0 Å². The highest BCUT2D eigenvalue weighted by atomic mass is 32.1. The number of hydrogen-bond donors (Lipinski definition) is 1. The van der Waals surface area contributed by atoms with Crippen molar-refractivity contribution in [1.29, 1.82) is 0 Å². The van der Waals surface area contributed by atoms with Crippen LogP contribution in [0.2, 0.25) is 0 Å². The summed E-state index contributed by atoms with van der Waals surface area (Å²) >= 11 is 1.48. The van der Waals surface area contributed by atoms with Crippen LogP contribution in [0.4, 0.5) is 0 Å². The number of pyridine rings is 1. The molecular weight excluding hydrogens is 350 g/mol. The van der Waals surface area contributed by atoms with Crippen LogP contribution in [0.5, 0.6) is 11.5 Å². The van der Waals surface area contributed by atoms with Gasteiger partial charge < -0.3 is 14.8 Å². The molecule has 134 valence electrons. The number of carbonyl (C=O) groups is 1. The van der Waals surface area contributed by atoms with E-state index < -0.39 is 0 Å². The minimum atomic E-state index is -0.0860. The molecule has 3 aromatic rings. The fraction of sp³-hybridized carbons (Fsp3) is 0.211. The van der Waals surface area contributed by atoms with Gasteiger partial charge in [0.25, 0.3) is 0 Å². The number of nitrogens with zero attached hydrogens (tertiary/aromatic N) is 2. The summed E-state index contributed by atoms with van der Waals surface area (Å²) in [7, 11) is 1.61. The van der Waals surface area contributed by atoms with Gasteiger partial charge in [-0.2, -0.15) is 0 Å². The molecule has 0 radical (unpaired) electrons. The molecule has 0 saturated carbocycles. The third-order valence-corrected chi connectivity index (χ3v) is 4.43. The first-order valence-electron chi connectivity index (χ1n) is 8.14. The Morgan fingerprint density at radius 3 is 2.88 bits per heavy atom. The summed E-state index contributed by atoms with van der Waals surface area (Å²) in [5.41, 5.74) is 1.55. The van der Waals surface area contributed by atoms with E-state index in [2.05, 4.69) is 15.3 Å². The van der Waals surface area contributed by atoms with Gasteiger partial charge in [0.05, 0.1) is 31.5 Å². The first-order chi connectivity index (χ1) is 12.7. The number of hydrogen-bond acceptors (Lipinski definition) is 6. The highest BCUT2D eigenvalue weighted by Crippen LogP contribution is 2.21. The van der Waals surface area contributed by atoms with E-state index in [0.29, 0.717) is 18.9 Å². The molecule has 0 saturated heterocycles. The predicted octanol–water partition coefficient (Wildman–Crippen LogP) is 2.95. The van der Waals surface area contributed by atoms with Crippen molar-refractivity contribution in [2.45, 2.75) is 6.42 Å². The maximum absolute atomic E-state index is 12.0. The van der Waals surface area contributed by atoms with Gasteiger partial charge in [0.15, 0.2) is 0 Å². The van der Waals surface area contributed by atoms with Crippen LogP contribution in [0.1, 0.15) is 5.69 Å². The minimum absolute atomic E-state index is 0.0860. The van der Waals surface area contributed by atoms with Crippen LogP contribution >= 0.6 is 11.3 Å². The highest BCUT2D eigenvalue weighted by molar-refractivity contribution is 7.13. The highest BCUT2D eigenvalue weighted by Gasteiger charge is 2.09. The van der Waals surface area contributed by atoms with E-state index in [9.17, 15) is 4.79 Å². The van der Waals surface area contributed by atoms with Gasteiger partial charge in [-0.15, -0.1) is 11.3 Å². The van der Waals surface area contributed by atoms with Crippen molar-refractivity contribution in [1.82, 2.24) is 15.3 Å². The van der Waals surface area contributed by atoms with Crippen molar-refractivity contribution in [3.8, 4) is 22.2 Å². The molecule has 2 heterocycles. The number of thiazole rings is 1. The van der Waals surface area contributed by atoms with Crippen LogP contribution in [0.25, 0.3) is 10.7 Å². The molecule has 0 bridgehead atoms. The van der Waals surface area contributed by atoms with E-state index >= 15 is 0 Å². The topological polar surface area (TPSA) is 73.3 Å².